The number of carbonyl (C=O) groups excluding carboxylic acids is 1. The van der Waals surface area contributed by atoms with Gasteiger partial charge in [0, 0.05) is 0 Å². The molecule has 0 spiro atoms. The van der Waals surface area contributed by atoms with Crippen LogP contribution in [0.4, 0.5) is 0 Å². The zero-order chi connectivity index (χ0) is 15.9. The summed E-state index contributed by atoms with van der Waals surface area (Å²) < 4.78 is 10.8. The highest BCUT2D eigenvalue weighted by Gasteiger charge is 2.37. The fourth-order valence-electron chi connectivity index (χ4n) is 2.03. The van der Waals surface area contributed by atoms with Crippen molar-refractivity contribution < 1.29 is 24.2 Å². The Labute approximate surface area is 129 Å². The number of aliphatic carboxylic acids is 1. The van der Waals surface area contributed by atoms with Gasteiger partial charge in [-0.3, -0.25) is 4.79 Å². The number of carbonyl (C=O) groups is 2. The lowest BCUT2D eigenvalue weighted by molar-refractivity contribution is -0.142. The third-order valence-electron chi connectivity index (χ3n) is 3.34. The van der Waals surface area contributed by atoms with E-state index in [1.165, 1.54) is 0 Å². The van der Waals surface area contributed by atoms with Gasteiger partial charge in [-0.15, -0.1) is 0 Å². The molecule has 1 aromatic rings. The van der Waals surface area contributed by atoms with Gasteiger partial charge in [0.05, 0.1) is 6.61 Å². The molecule has 1 fully saturated rings. The van der Waals surface area contributed by atoms with Crippen LogP contribution in [0.1, 0.15) is 26.2 Å². The molecule has 22 heavy (non-hydrogen) atoms. The summed E-state index contributed by atoms with van der Waals surface area (Å²) in [7, 11) is 0. The van der Waals surface area contributed by atoms with Gasteiger partial charge in [0.15, 0.2) is 6.61 Å². The minimum Gasteiger partial charge on any atom is -0.494 e. The maximum atomic E-state index is 11.7. The molecule has 0 heterocycles. The number of hydrogen-bond acceptors (Lipinski definition) is 4. The van der Waals surface area contributed by atoms with E-state index < -0.39 is 17.9 Å². The number of amides is 1. The quantitative estimate of drug-likeness (QED) is 0.727. The molecule has 120 valence electrons. The van der Waals surface area contributed by atoms with Crippen LogP contribution in [-0.2, 0) is 9.59 Å². The third-order valence-corrected chi connectivity index (χ3v) is 3.34. The molecule has 6 heteroatoms. The average molecular weight is 307 g/mol. The van der Waals surface area contributed by atoms with Crippen molar-refractivity contribution in [2.45, 2.75) is 32.2 Å². The van der Waals surface area contributed by atoms with Crippen molar-refractivity contribution >= 4 is 11.9 Å². The summed E-state index contributed by atoms with van der Waals surface area (Å²) in [6.45, 7) is 2.48. The zero-order valence-corrected chi connectivity index (χ0v) is 12.6. The SMILES string of the molecule is CCCOc1ccc(OCC(=O)NC(C(=O)O)C2CC2)cc1. The number of carboxylic acids is 1. The van der Waals surface area contributed by atoms with Gasteiger partial charge in [0.2, 0.25) is 0 Å². The molecule has 6 nitrogen and oxygen atoms in total. The fraction of sp³-hybridized carbons (Fsp3) is 0.500. The molecule has 1 aromatic carbocycles. The van der Waals surface area contributed by atoms with Crippen LogP contribution < -0.4 is 14.8 Å². The van der Waals surface area contributed by atoms with E-state index in [1.54, 1.807) is 24.3 Å². The van der Waals surface area contributed by atoms with Gasteiger partial charge in [-0.05, 0) is 49.4 Å². The summed E-state index contributed by atoms with van der Waals surface area (Å²) in [5, 5.41) is 11.5. The van der Waals surface area contributed by atoms with Crippen molar-refractivity contribution in [2.75, 3.05) is 13.2 Å². The largest absolute Gasteiger partial charge is 0.494 e. The molecule has 0 saturated heterocycles. The monoisotopic (exact) mass is 307 g/mol. The second-order valence-electron chi connectivity index (χ2n) is 5.33. The molecule has 0 radical (unpaired) electrons. The minimum absolute atomic E-state index is 0.0523. The Morgan fingerprint density at radius 3 is 2.32 bits per heavy atom. The first kappa shape index (κ1) is 16.1. The number of nitrogens with one attached hydrogen (secondary N) is 1. The molecule has 0 aromatic heterocycles. The summed E-state index contributed by atoms with van der Waals surface area (Å²) in [5.74, 6) is -0.0778. The van der Waals surface area contributed by atoms with Crippen LogP contribution in [-0.4, -0.2) is 36.2 Å². The Kier molecular flexibility index (Phi) is 5.63. The molecule has 0 bridgehead atoms. The standard InChI is InChI=1S/C16H21NO5/c1-2-9-21-12-5-7-13(8-6-12)22-10-14(18)17-15(16(19)20)11-3-4-11/h5-8,11,15H,2-4,9-10H2,1H3,(H,17,18)(H,19,20). The van der Waals surface area contributed by atoms with E-state index in [-0.39, 0.29) is 12.5 Å². The van der Waals surface area contributed by atoms with Crippen molar-refractivity contribution in [2.24, 2.45) is 5.92 Å². The number of benzene rings is 1. The van der Waals surface area contributed by atoms with Gasteiger partial charge in [0.1, 0.15) is 17.5 Å². The topological polar surface area (TPSA) is 84.9 Å². The van der Waals surface area contributed by atoms with Crippen LogP contribution in [0.15, 0.2) is 24.3 Å². The Morgan fingerprint density at radius 2 is 1.82 bits per heavy atom. The highest BCUT2D eigenvalue weighted by molar-refractivity contribution is 5.84. The molecule has 1 saturated carbocycles. The van der Waals surface area contributed by atoms with Gasteiger partial charge in [-0.1, -0.05) is 6.92 Å². The highest BCUT2D eigenvalue weighted by atomic mass is 16.5. The molecule has 1 aliphatic carbocycles. The van der Waals surface area contributed by atoms with Gasteiger partial charge in [-0.25, -0.2) is 4.79 Å². The van der Waals surface area contributed by atoms with Crippen molar-refractivity contribution in [3.8, 4) is 11.5 Å². The molecular weight excluding hydrogens is 286 g/mol. The summed E-state index contributed by atoms with van der Waals surface area (Å²) in [4.78, 5) is 22.8. The molecule has 1 unspecified atom stereocenters. The predicted octanol–water partition coefficient (Wildman–Crippen LogP) is 1.83. The summed E-state index contributed by atoms with van der Waals surface area (Å²) in [6.07, 6.45) is 2.62. The molecule has 1 amide bonds. The Bertz CT molecular complexity index is 510. The van der Waals surface area contributed by atoms with Crippen molar-refractivity contribution in [1.29, 1.82) is 0 Å². The molecule has 2 rings (SSSR count). The highest BCUT2D eigenvalue weighted by Crippen LogP contribution is 2.32. The lowest BCUT2D eigenvalue weighted by atomic mass is 10.2. The Morgan fingerprint density at radius 1 is 1.23 bits per heavy atom. The van der Waals surface area contributed by atoms with E-state index in [2.05, 4.69) is 5.32 Å². The van der Waals surface area contributed by atoms with E-state index in [0.29, 0.717) is 12.4 Å². The van der Waals surface area contributed by atoms with Gasteiger partial charge in [0.25, 0.3) is 5.91 Å². The van der Waals surface area contributed by atoms with Crippen molar-refractivity contribution in [3.05, 3.63) is 24.3 Å². The van der Waals surface area contributed by atoms with E-state index >= 15 is 0 Å². The lowest BCUT2D eigenvalue weighted by Crippen LogP contribution is -2.44. The van der Waals surface area contributed by atoms with E-state index in [0.717, 1.165) is 25.0 Å². The van der Waals surface area contributed by atoms with Crippen LogP contribution in [0.3, 0.4) is 0 Å². The van der Waals surface area contributed by atoms with Crippen LogP contribution in [0.5, 0.6) is 11.5 Å². The first-order chi connectivity index (χ1) is 10.6. The minimum atomic E-state index is -0.992. The third kappa shape index (κ3) is 4.95. The average Bonchev–Trinajstić information content (AvgIpc) is 3.34. The lowest BCUT2D eigenvalue weighted by Gasteiger charge is -2.14. The van der Waals surface area contributed by atoms with Gasteiger partial charge >= 0.3 is 5.97 Å². The zero-order valence-electron chi connectivity index (χ0n) is 12.6. The summed E-state index contributed by atoms with van der Waals surface area (Å²) in [6, 6.07) is 6.17. The van der Waals surface area contributed by atoms with Crippen LogP contribution in [0.2, 0.25) is 0 Å². The Balaban J connectivity index is 1.76. The number of carboxylic acid groups (broad SMARTS) is 1. The van der Waals surface area contributed by atoms with Crippen molar-refractivity contribution in [3.63, 3.8) is 0 Å². The molecular formula is C16H21NO5. The smallest absolute Gasteiger partial charge is 0.326 e. The molecule has 1 aliphatic rings. The molecule has 2 N–H and O–H groups in total. The van der Waals surface area contributed by atoms with Gasteiger partial charge in [-0.2, -0.15) is 0 Å². The molecule has 0 aliphatic heterocycles. The fourth-order valence-corrected chi connectivity index (χ4v) is 2.03. The normalized spacial score (nSPS) is 15.0. The van der Waals surface area contributed by atoms with E-state index in [1.807, 2.05) is 6.92 Å². The van der Waals surface area contributed by atoms with Crippen LogP contribution in [0.25, 0.3) is 0 Å². The second kappa shape index (κ2) is 7.68. The first-order valence-corrected chi connectivity index (χ1v) is 7.48. The maximum Gasteiger partial charge on any atom is 0.326 e. The first-order valence-electron chi connectivity index (χ1n) is 7.48. The Hall–Kier alpha value is -2.24. The maximum absolute atomic E-state index is 11.7. The predicted molar refractivity (Wildman–Crippen MR) is 80.0 cm³/mol. The molecule has 1 atom stereocenters. The summed E-state index contributed by atoms with van der Waals surface area (Å²) >= 11 is 0. The summed E-state index contributed by atoms with van der Waals surface area (Å²) in [5.41, 5.74) is 0. The van der Waals surface area contributed by atoms with E-state index in [4.69, 9.17) is 14.6 Å². The van der Waals surface area contributed by atoms with Crippen LogP contribution >= 0.6 is 0 Å². The van der Waals surface area contributed by atoms with Crippen molar-refractivity contribution in [1.82, 2.24) is 5.32 Å². The van der Waals surface area contributed by atoms with E-state index in [9.17, 15) is 9.59 Å². The van der Waals surface area contributed by atoms with Gasteiger partial charge < -0.3 is 19.9 Å². The number of hydrogen-bond donors (Lipinski definition) is 2. The number of rotatable bonds is 9. The van der Waals surface area contributed by atoms with Crippen LogP contribution in [0, 0.1) is 5.92 Å². The number of ether oxygens (including phenoxy) is 2. The second-order valence-corrected chi connectivity index (χ2v) is 5.33.